The number of hydrogen-bond donors (Lipinski definition) is 0. The van der Waals surface area contributed by atoms with Crippen LogP contribution in [0.25, 0.3) is 11.4 Å². The number of carbonyl (C=O) groups excluding carboxylic acids is 1. The van der Waals surface area contributed by atoms with Gasteiger partial charge >= 0.3 is 6.18 Å². The Kier molecular flexibility index (Phi) is 5.99. The minimum atomic E-state index is -4.39. The second-order valence-corrected chi connectivity index (χ2v) is 7.24. The van der Waals surface area contributed by atoms with Crippen LogP contribution in [0.5, 0.6) is 0 Å². The summed E-state index contributed by atoms with van der Waals surface area (Å²) >= 11 is 0. The van der Waals surface area contributed by atoms with Crippen LogP contribution in [0.1, 0.15) is 17.2 Å². The van der Waals surface area contributed by atoms with Crippen molar-refractivity contribution >= 4 is 5.91 Å². The molecule has 0 radical (unpaired) electrons. The van der Waals surface area contributed by atoms with Crippen LogP contribution in [0.3, 0.4) is 0 Å². The molecule has 1 aliphatic rings. The number of likely N-dealkylation sites (tertiary alicyclic amines) is 1. The number of benzene rings is 1. The molecule has 2 unspecified atom stereocenters. The molecule has 0 saturated carbocycles. The maximum Gasteiger partial charge on any atom is 0.416 e. The Balaban J connectivity index is 1.50. The average Bonchev–Trinajstić information content (AvgIpc) is 3.45. The third-order valence-electron chi connectivity index (χ3n) is 5.16. The van der Waals surface area contributed by atoms with E-state index in [4.69, 9.17) is 4.74 Å². The molecule has 0 aliphatic carbocycles. The van der Waals surface area contributed by atoms with Crippen LogP contribution < -0.4 is 0 Å². The smallest absolute Gasteiger partial charge is 0.369 e. The Morgan fingerprint density at radius 3 is 2.62 bits per heavy atom. The van der Waals surface area contributed by atoms with Crippen molar-refractivity contribution in [2.75, 3.05) is 13.1 Å². The van der Waals surface area contributed by atoms with Crippen LogP contribution >= 0.6 is 0 Å². The zero-order valence-corrected chi connectivity index (χ0v) is 16.8. The van der Waals surface area contributed by atoms with Crippen molar-refractivity contribution in [1.29, 1.82) is 0 Å². The van der Waals surface area contributed by atoms with Crippen LogP contribution in [-0.2, 0) is 22.3 Å². The average molecular weight is 444 g/mol. The summed E-state index contributed by atoms with van der Waals surface area (Å²) in [5, 5.41) is 8.32. The molecule has 1 saturated heterocycles. The Hall–Kier alpha value is -3.60. The van der Waals surface area contributed by atoms with E-state index in [0.717, 1.165) is 12.1 Å². The normalized spacial score (nSPS) is 18.7. The van der Waals surface area contributed by atoms with E-state index in [1.165, 1.54) is 24.5 Å². The second-order valence-electron chi connectivity index (χ2n) is 7.24. The summed E-state index contributed by atoms with van der Waals surface area (Å²) < 4.78 is 45.9. The molecule has 0 bridgehead atoms. The van der Waals surface area contributed by atoms with Gasteiger partial charge < -0.3 is 9.64 Å². The van der Waals surface area contributed by atoms with Crippen LogP contribution in [0.15, 0.2) is 61.7 Å². The predicted octanol–water partition coefficient (Wildman–Crippen LogP) is 2.91. The number of amides is 1. The highest BCUT2D eigenvalue weighted by atomic mass is 19.4. The van der Waals surface area contributed by atoms with E-state index in [1.54, 1.807) is 28.0 Å². The first kappa shape index (κ1) is 21.6. The lowest BCUT2D eigenvalue weighted by Gasteiger charge is -2.18. The minimum Gasteiger partial charge on any atom is -0.369 e. The van der Waals surface area contributed by atoms with Gasteiger partial charge in [-0.2, -0.15) is 13.2 Å². The van der Waals surface area contributed by atoms with E-state index in [-0.39, 0.29) is 18.6 Å². The van der Waals surface area contributed by atoms with Gasteiger partial charge in [-0.05, 0) is 29.8 Å². The number of rotatable bonds is 6. The number of alkyl halides is 3. The standard InChI is InChI=1S/C21H19F3N6O2/c1-2-20(31)29-10-18(30-9-17(27-28-30)16-7-8-25-13-26-16)19(11-29)32-12-14-3-5-15(6-4-14)21(22,23)24/h2-9,13,18-19H,1,10-12H2. The van der Waals surface area contributed by atoms with Gasteiger partial charge in [-0.1, -0.05) is 23.9 Å². The molecule has 0 N–H and O–H groups in total. The van der Waals surface area contributed by atoms with Crippen LogP contribution in [-0.4, -0.2) is 55.0 Å². The molecule has 11 heteroatoms. The van der Waals surface area contributed by atoms with Crippen LogP contribution in [0, 0.1) is 0 Å². The first-order valence-corrected chi connectivity index (χ1v) is 9.72. The third-order valence-corrected chi connectivity index (χ3v) is 5.16. The predicted molar refractivity (Wildman–Crippen MR) is 107 cm³/mol. The van der Waals surface area contributed by atoms with E-state index >= 15 is 0 Å². The molecule has 1 aromatic carbocycles. The van der Waals surface area contributed by atoms with Crippen molar-refractivity contribution in [3.63, 3.8) is 0 Å². The summed E-state index contributed by atoms with van der Waals surface area (Å²) in [4.78, 5) is 21.8. The summed E-state index contributed by atoms with van der Waals surface area (Å²) in [6.45, 7) is 4.23. The maximum atomic E-state index is 12.8. The first-order chi connectivity index (χ1) is 15.3. The molecule has 1 amide bonds. The fourth-order valence-corrected chi connectivity index (χ4v) is 3.48. The fourth-order valence-electron chi connectivity index (χ4n) is 3.48. The SMILES string of the molecule is C=CC(=O)N1CC(OCc2ccc(C(F)(F)F)cc2)C(n2cc(-c3ccncn3)nn2)C1. The molecule has 8 nitrogen and oxygen atoms in total. The van der Waals surface area contributed by atoms with Crippen LogP contribution in [0.2, 0.25) is 0 Å². The highest BCUT2D eigenvalue weighted by molar-refractivity contribution is 5.87. The Morgan fingerprint density at radius 1 is 1.19 bits per heavy atom. The zero-order chi connectivity index (χ0) is 22.7. The molecule has 3 aromatic rings. The summed E-state index contributed by atoms with van der Waals surface area (Å²) in [6, 6.07) is 6.16. The Labute approximate surface area is 181 Å². The van der Waals surface area contributed by atoms with Gasteiger partial charge in [-0.25, -0.2) is 14.6 Å². The molecule has 3 heterocycles. The van der Waals surface area contributed by atoms with Crippen LogP contribution in [0.4, 0.5) is 13.2 Å². The highest BCUT2D eigenvalue weighted by Crippen LogP contribution is 2.30. The number of aromatic nitrogens is 5. The van der Waals surface area contributed by atoms with Gasteiger partial charge in [0.25, 0.3) is 0 Å². The molecular formula is C21H19F3N6O2. The summed E-state index contributed by atoms with van der Waals surface area (Å²) in [7, 11) is 0. The van der Waals surface area contributed by atoms with Gasteiger partial charge in [0.2, 0.25) is 5.91 Å². The quantitative estimate of drug-likeness (QED) is 0.544. The highest BCUT2D eigenvalue weighted by Gasteiger charge is 2.37. The largest absolute Gasteiger partial charge is 0.416 e. The van der Waals surface area contributed by atoms with Crippen molar-refractivity contribution in [3.05, 3.63) is 72.8 Å². The molecule has 166 valence electrons. The minimum absolute atomic E-state index is 0.0862. The van der Waals surface area contributed by atoms with E-state index < -0.39 is 17.8 Å². The number of ether oxygens (including phenoxy) is 1. The van der Waals surface area contributed by atoms with Crippen molar-refractivity contribution in [2.24, 2.45) is 0 Å². The molecule has 0 spiro atoms. The zero-order valence-electron chi connectivity index (χ0n) is 16.8. The monoisotopic (exact) mass is 444 g/mol. The summed E-state index contributed by atoms with van der Waals surface area (Å²) in [6.07, 6.45) is 1.10. The number of nitrogens with zero attached hydrogens (tertiary/aromatic N) is 6. The van der Waals surface area contributed by atoms with Gasteiger partial charge in [0.05, 0.1) is 36.2 Å². The van der Waals surface area contributed by atoms with Crippen molar-refractivity contribution in [1.82, 2.24) is 29.9 Å². The van der Waals surface area contributed by atoms with Gasteiger partial charge in [0.1, 0.15) is 12.0 Å². The lowest BCUT2D eigenvalue weighted by Crippen LogP contribution is -2.28. The molecule has 1 aliphatic heterocycles. The van der Waals surface area contributed by atoms with E-state index in [9.17, 15) is 18.0 Å². The van der Waals surface area contributed by atoms with E-state index in [0.29, 0.717) is 30.0 Å². The molecule has 4 rings (SSSR count). The van der Waals surface area contributed by atoms with Crippen molar-refractivity contribution < 1.29 is 22.7 Å². The Bertz CT molecular complexity index is 1080. The molecular weight excluding hydrogens is 425 g/mol. The van der Waals surface area contributed by atoms with Gasteiger partial charge in [0.15, 0.2) is 0 Å². The summed E-state index contributed by atoms with van der Waals surface area (Å²) in [5.41, 5.74) is 1.01. The number of hydrogen-bond acceptors (Lipinski definition) is 6. The maximum absolute atomic E-state index is 12.8. The van der Waals surface area contributed by atoms with E-state index in [1.807, 2.05) is 0 Å². The first-order valence-electron chi connectivity index (χ1n) is 9.72. The van der Waals surface area contributed by atoms with Gasteiger partial charge in [-0.3, -0.25) is 4.79 Å². The fraction of sp³-hybridized carbons (Fsp3) is 0.286. The van der Waals surface area contributed by atoms with Crippen molar-refractivity contribution in [2.45, 2.75) is 24.9 Å². The second kappa shape index (κ2) is 8.87. The van der Waals surface area contributed by atoms with Gasteiger partial charge in [0, 0.05) is 19.3 Å². The lowest BCUT2D eigenvalue weighted by molar-refractivity contribution is -0.137. The lowest BCUT2D eigenvalue weighted by atomic mass is 10.1. The molecule has 2 atom stereocenters. The molecule has 2 aromatic heterocycles. The van der Waals surface area contributed by atoms with Gasteiger partial charge in [-0.15, -0.1) is 5.10 Å². The number of carbonyl (C=O) groups is 1. The summed E-state index contributed by atoms with van der Waals surface area (Å²) in [5.74, 6) is -0.244. The molecule has 32 heavy (non-hydrogen) atoms. The van der Waals surface area contributed by atoms with Crippen molar-refractivity contribution in [3.8, 4) is 11.4 Å². The number of halogens is 3. The third kappa shape index (κ3) is 4.67. The van der Waals surface area contributed by atoms with E-state index in [2.05, 4.69) is 26.9 Å². The topological polar surface area (TPSA) is 86.0 Å². The Morgan fingerprint density at radius 2 is 1.97 bits per heavy atom. The molecule has 1 fully saturated rings.